The zero-order valence-electron chi connectivity index (χ0n) is 21.3. The van der Waals surface area contributed by atoms with Gasteiger partial charge >= 0.3 is 0 Å². The first-order chi connectivity index (χ1) is 18.0. The molecule has 2 aliphatic rings. The highest BCUT2D eigenvalue weighted by Crippen LogP contribution is 2.38. The first-order valence-electron chi connectivity index (χ1n) is 13.0. The number of hydrogen-bond donors (Lipinski definition) is 1. The zero-order valence-corrected chi connectivity index (χ0v) is 21.3. The van der Waals surface area contributed by atoms with Crippen molar-refractivity contribution in [3.8, 4) is 11.3 Å². The van der Waals surface area contributed by atoms with Crippen LogP contribution >= 0.6 is 0 Å². The number of fused-ring (bicyclic) bond motifs is 3. The molecule has 1 N–H and O–H groups in total. The van der Waals surface area contributed by atoms with E-state index in [0.29, 0.717) is 18.7 Å². The number of pyridine rings is 3. The van der Waals surface area contributed by atoms with Crippen LogP contribution < -0.4 is 4.90 Å². The standard InChI is InChI=1S/C30H31N5O2/c1-19-9-11-21(17-32-19)25-12-10-20(16-33-25)14-22-15-24-29(28-23(22)6-5-13-31-28)34(2)18-35(30(24)37)26-7-3-4-8-27(26)36/h5-6,9-13,15-17,26-27,36H,3-4,7-8,14,18H2,1-2H3/t26-,27-/m0/s1. The van der Waals surface area contributed by atoms with Crippen LogP contribution in [0.25, 0.3) is 22.2 Å². The van der Waals surface area contributed by atoms with Gasteiger partial charge in [-0.25, -0.2) is 0 Å². The van der Waals surface area contributed by atoms with Crippen molar-refractivity contribution in [2.45, 2.75) is 51.2 Å². The van der Waals surface area contributed by atoms with E-state index in [4.69, 9.17) is 4.98 Å². The second-order valence-corrected chi connectivity index (χ2v) is 10.3. The number of aromatic nitrogens is 3. The number of aryl methyl sites for hydroxylation is 1. The molecule has 0 unspecified atom stereocenters. The fraction of sp³-hybridized carbons (Fsp3) is 0.333. The fourth-order valence-corrected chi connectivity index (χ4v) is 5.76. The number of aliphatic hydroxyl groups excluding tert-OH is 1. The first-order valence-corrected chi connectivity index (χ1v) is 13.0. The number of amides is 1. The van der Waals surface area contributed by atoms with E-state index in [0.717, 1.165) is 70.4 Å². The van der Waals surface area contributed by atoms with Crippen molar-refractivity contribution in [2.75, 3.05) is 18.6 Å². The van der Waals surface area contributed by atoms with Gasteiger partial charge in [0.25, 0.3) is 5.91 Å². The normalized spacial score (nSPS) is 19.8. The van der Waals surface area contributed by atoms with Crippen LogP contribution in [0.5, 0.6) is 0 Å². The number of carbonyl (C=O) groups is 1. The van der Waals surface area contributed by atoms with Crippen LogP contribution in [-0.4, -0.2) is 56.7 Å². The van der Waals surface area contributed by atoms with Gasteiger partial charge in [0.05, 0.1) is 41.3 Å². The predicted molar refractivity (Wildman–Crippen MR) is 144 cm³/mol. The molecule has 4 heterocycles. The van der Waals surface area contributed by atoms with E-state index in [2.05, 4.69) is 27.0 Å². The number of aliphatic hydroxyl groups is 1. The van der Waals surface area contributed by atoms with Crippen molar-refractivity contribution in [1.82, 2.24) is 19.9 Å². The van der Waals surface area contributed by atoms with E-state index in [-0.39, 0.29) is 11.9 Å². The van der Waals surface area contributed by atoms with Crippen molar-refractivity contribution in [3.63, 3.8) is 0 Å². The number of anilines is 1. The molecule has 0 spiro atoms. The molecule has 0 saturated heterocycles. The summed E-state index contributed by atoms with van der Waals surface area (Å²) >= 11 is 0. The molecule has 0 bridgehead atoms. The maximum Gasteiger partial charge on any atom is 0.257 e. The summed E-state index contributed by atoms with van der Waals surface area (Å²) in [6.45, 7) is 2.43. The van der Waals surface area contributed by atoms with Crippen LogP contribution in [0.2, 0.25) is 0 Å². The molecule has 37 heavy (non-hydrogen) atoms. The summed E-state index contributed by atoms with van der Waals surface area (Å²) in [7, 11) is 2.00. The molecule has 1 aromatic carbocycles. The third-order valence-electron chi connectivity index (χ3n) is 7.71. The van der Waals surface area contributed by atoms with E-state index in [9.17, 15) is 9.90 Å². The first kappa shape index (κ1) is 23.6. The van der Waals surface area contributed by atoms with E-state index >= 15 is 0 Å². The van der Waals surface area contributed by atoms with Crippen molar-refractivity contribution >= 4 is 22.5 Å². The van der Waals surface area contributed by atoms with Gasteiger partial charge in [-0.05, 0) is 67.6 Å². The lowest BCUT2D eigenvalue weighted by Crippen LogP contribution is -2.55. The largest absolute Gasteiger partial charge is 0.391 e. The van der Waals surface area contributed by atoms with Crippen molar-refractivity contribution in [1.29, 1.82) is 0 Å². The lowest BCUT2D eigenvalue weighted by atomic mass is 9.89. The summed E-state index contributed by atoms with van der Waals surface area (Å²) < 4.78 is 0. The molecule has 1 fully saturated rings. The summed E-state index contributed by atoms with van der Waals surface area (Å²) in [6.07, 6.45) is 9.32. The summed E-state index contributed by atoms with van der Waals surface area (Å²) in [5, 5.41) is 11.7. The Kier molecular flexibility index (Phi) is 6.08. The molecule has 1 aliphatic heterocycles. The van der Waals surface area contributed by atoms with E-state index in [1.807, 2.05) is 61.6 Å². The number of nitrogens with zero attached hydrogens (tertiary/aromatic N) is 5. The van der Waals surface area contributed by atoms with Crippen LogP contribution in [0.4, 0.5) is 5.69 Å². The maximum absolute atomic E-state index is 13.8. The Bertz CT molecular complexity index is 1450. The van der Waals surface area contributed by atoms with Crippen LogP contribution in [0.1, 0.15) is 52.9 Å². The molecule has 7 nitrogen and oxygen atoms in total. The summed E-state index contributed by atoms with van der Waals surface area (Å²) in [5.41, 5.74) is 7.31. The van der Waals surface area contributed by atoms with E-state index < -0.39 is 6.10 Å². The number of carbonyl (C=O) groups excluding carboxylic acids is 1. The Balaban J connectivity index is 1.37. The highest BCUT2D eigenvalue weighted by molar-refractivity contribution is 6.10. The SMILES string of the molecule is Cc1ccc(-c2ccc(Cc3cc4c(c5ncccc35)N(C)CN([C@H]3CCCC[C@@H]3O)C4=O)cn2)cn1. The molecule has 3 aromatic heterocycles. The third-order valence-corrected chi connectivity index (χ3v) is 7.71. The van der Waals surface area contributed by atoms with Crippen molar-refractivity contribution < 1.29 is 9.90 Å². The highest BCUT2D eigenvalue weighted by Gasteiger charge is 2.38. The Morgan fingerprint density at radius 2 is 1.89 bits per heavy atom. The average molecular weight is 494 g/mol. The van der Waals surface area contributed by atoms with Gasteiger partial charge in [0, 0.05) is 42.3 Å². The average Bonchev–Trinajstić information content (AvgIpc) is 2.92. The van der Waals surface area contributed by atoms with Gasteiger partial charge < -0.3 is 14.9 Å². The Morgan fingerprint density at radius 3 is 2.65 bits per heavy atom. The monoisotopic (exact) mass is 493 g/mol. The quantitative estimate of drug-likeness (QED) is 0.442. The van der Waals surface area contributed by atoms with Crippen molar-refractivity contribution in [2.24, 2.45) is 0 Å². The Hall–Kier alpha value is -3.84. The van der Waals surface area contributed by atoms with E-state index in [1.165, 1.54) is 0 Å². The molecule has 2 atom stereocenters. The molecule has 1 amide bonds. The van der Waals surface area contributed by atoms with Crippen LogP contribution in [0, 0.1) is 6.92 Å². The van der Waals surface area contributed by atoms with Crippen LogP contribution in [-0.2, 0) is 6.42 Å². The van der Waals surface area contributed by atoms with Gasteiger partial charge in [0.15, 0.2) is 0 Å². The minimum atomic E-state index is -0.473. The Labute approximate surface area is 216 Å². The van der Waals surface area contributed by atoms with Gasteiger partial charge in [-0.3, -0.25) is 19.7 Å². The minimum absolute atomic E-state index is 0.0202. The van der Waals surface area contributed by atoms with Gasteiger partial charge in [-0.15, -0.1) is 0 Å². The lowest BCUT2D eigenvalue weighted by Gasteiger charge is -2.43. The molecule has 6 rings (SSSR count). The highest BCUT2D eigenvalue weighted by atomic mass is 16.3. The predicted octanol–water partition coefficient (Wildman–Crippen LogP) is 4.74. The maximum atomic E-state index is 13.8. The molecule has 188 valence electrons. The molecule has 0 radical (unpaired) electrons. The summed E-state index contributed by atoms with van der Waals surface area (Å²) in [6, 6.07) is 14.0. The topological polar surface area (TPSA) is 82.5 Å². The number of benzene rings is 1. The molecular formula is C30H31N5O2. The minimum Gasteiger partial charge on any atom is -0.391 e. The molecule has 1 saturated carbocycles. The number of rotatable bonds is 4. The summed E-state index contributed by atoms with van der Waals surface area (Å²) in [5.74, 6) is -0.0202. The fourth-order valence-electron chi connectivity index (χ4n) is 5.76. The molecule has 4 aromatic rings. The van der Waals surface area contributed by atoms with Crippen LogP contribution in [0.15, 0.2) is 61.1 Å². The smallest absolute Gasteiger partial charge is 0.257 e. The second kappa shape index (κ2) is 9.56. The molecule has 7 heteroatoms. The van der Waals surface area contributed by atoms with Gasteiger partial charge in [0.2, 0.25) is 0 Å². The third kappa shape index (κ3) is 4.33. The lowest BCUT2D eigenvalue weighted by molar-refractivity contribution is 0.0167. The second-order valence-electron chi connectivity index (χ2n) is 10.3. The van der Waals surface area contributed by atoms with Crippen molar-refractivity contribution in [3.05, 3.63) is 83.4 Å². The van der Waals surface area contributed by atoms with Gasteiger partial charge in [-0.2, -0.15) is 0 Å². The summed E-state index contributed by atoms with van der Waals surface area (Å²) in [4.78, 5) is 31.6. The Morgan fingerprint density at radius 1 is 1.03 bits per heavy atom. The van der Waals surface area contributed by atoms with Gasteiger partial charge in [0.1, 0.15) is 0 Å². The zero-order chi connectivity index (χ0) is 25.5. The van der Waals surface area contributed by atoms with E-state index in [1.54, 1.807) is 6.20 Å². The van der Waals surface area contributed by atoms with Gasteiger partial charge in [-0.1, -0.05) is 25.0 Å². The number of hydrogen-bond acceptors (Lipinski definition) is 6. The molecule has 1 aliphatic carbocycles. The van der Waals surface area contributed by atoms with Crippen LogP contribution in [0.3, 0.4) is 0 Å². The molecular weight excluding hydrogens is 462 g/mol.